The number of hydrogen-bond acceptors (Lipinski definition) is 5. The lowest BCUT2D eigenvalue weighted by Crippen LogP contribution is -2.04. The monoisotopic (exact) mass is 248 g/mol. The number of rotatable bonds is 3. The van der Waals surface area contributed by atoms with Crippen molar-refractivity contribution in [1.82, 2.24) is 0 Å². The molecule has 0 amide bonds. The standard InChI is InChI=1S/C4H10O2S2.C2H6O2S/c1-7-3-4-8(2,5)6;1-5(2,3)4/h3-4H2,1-2H3;1-2H3. The summed E-state index contributed by atoms with van der Waals surface area (Å²) >= 11 is 1.55. The molecule has 4 nitrogen and oxygen atoms in total. The highest BCUT2D eigenvalue weighted by Gasteiger charge is 1.98. The molecule has 0 aromatic carbocycles. The van der Waals surface area contributed by atoms with Gasteiger partial charge >= 0.3 is 0 Å². The lowest BCUT2D eigenvalue weighted by atomic mass is 11.0. The maximum Gasteiger partial charge on any atom is 0.148 e. The van der Waals surface area contributed by atoms with Crippen LogP contribution in [0.1, 0.15) is 0 Å². The molecule has 0 aromatic heterocycles. The van der Waals surface area contributed by atoms with Gasteiger partial charge in [0.15, 0.2) is 0 Å². The molecule has 0 bridgehead atoms. The van der Waals surface area contributed by atoms with Gasteiger partial charge in [-0.05, 0) is 6.26 Å². The van der Waals surface area contributed by atoms with Crippen LogP contribution in [0.4, 0.5) is 0 Å². The quantitative estimate of drug-likeness (QED) is 0.706. The predicted octanol–water partition coefficient (Wildman–Crippen LogP) is 0.0548. The van der Waals surface area contributed by atoms with Crippen molar-refractivity contribution in [3.8, 4) is 0 Å². The Labute approximate surface area is 84.9 Å². The van der Waals surface area contributed by atoms with E-state index in [1.54, 1.807) is 11.8 Å². The van der Waals surface area contributed by atoms with E-state index in [1.807, 2.05) is 6.26 Å². The summed E-state index contributed by atoms with van der Waals surface area (Å²) in [4.78, 5) is 0. The van der Waals surface area contributed by atoms with E-state index in [1.165, 1.54) is 6.26 Å². The minimum Gasteiger partial charge on any atom is -0.229 e. The first-order valence-corrected chi connectivity index (χ1v) is 9.13. The summed E-state index contributed by atoms with van der Waals surface area (Å²) in [5, 5.41) is 0. The molecule has 0 aliphatic carbocycles. The van der Waals surface area contributed by atoms with Crippen LogP contribution in [0.15, 0.2) is 0 Å². The number of thioether (sulfide) groups is 1. The zero-order valence-electron chi connectivity index (χ0n) is 8.27. The second-order valence-electron chi connectivity index (χ2n) is 2.77. The van der Waals surface area contributed by atoms with Gasteiger partial charge in [0.2, 0.25) is 0 Å². The van der Waals surface area contributed by atoms with Gasteiger partial charge in [0, 0.05) is 24.5 Å². The first-order chi connectivity index (χ1) is 5.56. The molecule has 0 saturated carbocycles. The molecule has 0 saturated heterocycles. The molecule has 0 atom stereocenters. The molecule has 0 aliphatic rings. The molecule has 0 aliphatic heterocycles. The van der Waals surface area contributed by atoms with Crippen LogP contribution in [0.3, 0.4) is 0 Å². The van der Waals surface area contributed by atoms with Crippen LogP contribution in [-0.2, 0) is 19.7 Å². The third-order valence-electron chi connectivity index (χ3n) is 0.658. The second-order valence-corrected chi connectivity index (χ2v) is 8.30. The lowest BCUT2D eigenvalue weighted by molar-refractivity contribution is 0.602. The van der Waals surface area contributed by atoms with Gasteiger partial charge in [-0.2, -0.15) is 11.8 Å². The van der Waals surface area contributed by atoms with Gasteiger partial charge in [0.1, 0.15) is 19.7 Å². The summed E-state index contributed by atoms with van der Waals surface area (Å²) in [5.41, 5.74) is 0. The highest BCUT2D eigenvalue weighted by molar-refractivity contribution is 8.00. The van der Waals surface area contributed by atoms with Gasteiger partial charge in [0.05, 0.1) is 5.75 Å². The second kappa shape index (κ2) is 6.67. The Kier molecular flexibility index (Phi) is 8.06. The van der Waals surface area contributed by atoms with Gasteiger partial charge < -0.3 is 0 Å². The Morgan fingerprint density at radius 3 is 1.38 bits per heavy atom. The molecule has 82 valence electrons. The van der Waals surface area contributed by atoms with Crippen molar-refractivity contribution in [3.05, 3.63) is 0 Å². The topological polar surface area (TPSA) is 68.3 Å². The van der Waals surface area contributed by atoms with Crippen LogP contribution in [0.5, 0.6) is 0 Å². The fraction of sp³-hybridized carbons (Fsp3) is 1.00. The van der Waals surface area contributed by atoms with Gasteiger partial charge in [-0.1, -0.05) is 0 Å². The third-order valence-corrected chi connectivity index (χ3v) is 2.47. The van der Waals surface area contributed by atoms with E-state index >= 15 is 0 Å². The van der Waals surface area contributed by atoms with Crippen molar-refractivity contribution < 1.29 is 16.8 Å². The van der Waals surface area contributed by atoms with Crippen molar-refractivity contribution in [2.75, 3.05) is 36.5 Å². The average molecular weight is 248 g/mol. The Hall–Kier alpha value is 0.250. The van der Waals surface area contributed by atoms with Gasteiger partial charge in [-0.25, -0.2) is 16.8 Å². The summed E-state index contributed by atoms with van der Waals surface area (Å²) in [7, 11) is -5.37. The summed E-state index contributed by atoms with van der Waals surface area (Å²) in [5.74, 6) is 1.01. The van der Waals surface area contributed by atoms with Crippen molar-refractivity contribution in [1.29, 1.82) is 0 Å². The Morgan fingerprint density at radius 1 is 1.00 bits per heavy atom. The fourth-order valence-electron chi connectivity index (χ4n) is 0.235. The molecule has 13 heavy (non-hydrogen) atoms. The molecule has 0 rings (SSSR count). The van der Waals surface area contributed by atoms with E-state index in [4.69, 9.17) is 0 Å². The number of sulfone groups is 2. The first-order valence-electron chi connectivity index (χ1n) is 3.38. The zero-order chi connectivity index (χ0) is 11.1. The SMILES string of the molecule is CS(C)(=O)=O.CSCCS(C)(=O)=O. The molecule has 0 aromatic rings. The van der Waals surface area contributed by atoms with E-state index in [0.29, 0.717) is 11.5 Å². The van der Waals surface area contributed by atoms with Gasteiger partial charge in [0.25, 0.3) is 0 Å². The fourth-order valence-corrected chi connectivity index (χ4v) is 2.11. The zero-order valence-corrected chi connectivity index (χ0v) is 10.7. The Bertz CT molecular complexity index is 293. The Morgan fingerprint density at radius 2 is 1.31 bits per heavy atom. The van der Waals surface area contributed by atoms with E-state index < -0.39 is 19.7 Å². The van der Waals surface area contributed by atoms with Crippen molar-refractivity contribution in [2.24, 2.45) is 0 Å². The van der Waals surface area contributed by atoms with E-state index in [-0.39, 0.29) is 0 Å². The highest BCUT2D eigenvalue weighted by atomic mass is 32.2. The normalized spacial score (nSPS) is 11.7. The molecular weight excluding hydrogens is 232 g/mol. The molecule has 7 heteroatoms. The average Bonchev–Trinajstić information content (AvgIpc) is 1.77. The van der Waals surface area contributed by atoms with Crippen LogP contribution in [0.25, 0.3) is 0 Å². The van der Waals surface area contributed by atoms with Crippen molar-refractivity contribution in [3.63, 3.8) is 0 Å². The maximum absolute atomic E-state index is 10.4. The molecular formula is C6H16O4S3. The third kappa shape index (κ3) is 46.7. The molecule has 0 heterocycles. The summed E-state index contributed by atoms with van der Waals surface area (Å²) < 4.78 is 40.0. The van der Waals surface area contributed by atoms with E-state index in [9.17, 15) is 16.8 Å². The largest absolute Gasteiger partial charge is 0.229 e. The smallest absolute Gasteiger partial charge is 0.148 e. The molecule has 0 spiro atoms. The molecule has 0 unspecified atom stereocenters. The summed E-state index contributed by atoms with van der Waals surface area (Å²) in [6, 6.07) is 0. The van der Waals surface area contributed by atoms with Gasteiger partial charge in [-0.15, -0.1) is 0 Å². The van der Waals surface area contributed by atoms with Crippen LogP contribution < -0.4 is 0 Å². The van der Waals surface area contributed by atoms with Gasteiger partial charge in [-0.3, -0.25) is 0 Å². The molecule has 0 fully saturated rings. The lowest BCUT2D eigenvalue weighted by Gasteiger charge is -1.91. The van der Waals surface area contributed by atoms with Crippen LogP contribution >= 0.6 is 11.8 Å². The molecule has 0 N–H and O–H groups in total. The maximum atomic E-state index is 10.4. The molecule has 0 radical (unpaired) electrons. The van der Waals surface area contributed by atoms with E-state index in [2.05, 4.69) is 0 Å². The van der Waals surface area contributed by atoms with Crippen LogP contribution in [-0.4, -0.2) is 53.4 Å². The highest BCUT2D eigenvalue weighted by Crippen LogP contribution is 1.93. The van der Waals surface area contributed by atoms with Crippen LogP contribution in [0.2, 0.25) is 0 Å². The first kappa shape index (κ1) is 15.7. The minimum atomic E-state index is -2.71. The van der Waals surface area contributed by atoms with Crippen molar-refractivity contribution in [2.45, 2.75) is 0 Å². The van der Waals surface area contributed by atoms with E-state index in [0.717, 1.165) is 12.5 Å². The van der Waals surface area contributed by atoms with Crippen molar-refractivity contribution >= 4 is 31.4 Å². The Balaban J connectivity index is 0. The summed E-state index contributed by atoms with van der Waals surface area (Å²) in [6.07, 6.45) is 5.47. The predicted molar refractivity (Wildman–Crippen MR) is 58.9 cm³/mol. The summed E-state index contributed by atoms with van der Waals surface area (Å²) in [6.45, 7) is 0. The minimum absolute atomic E-state index is 0.300. The van der Waals surface area contributed by atoms with Crippen LogP contribution in [0, 0.1) is 0 Å². The number of hydrogen-bond donors (Lipinski definition) is 0.